The van der Waals surface area contributed by atoms with Crippen LogP contribution < -0.4 is 162 Å². The fourth-order valence-electron chi connectivity index (χ4n) is 9.88. The van der Waals surface area contributed by atoms with Gasteiger partial charge in [0.2, 0.25) is 59.1 Å². The van der Waals surface area contributed by atoms with Crippen LogP contribution in [0.4, 0.5) is 0 Å². The van der Waals surface area contributed by atoms with Crippen LogP contribution in [0.3, 0.4) is 0 Å². The van der Waals surface area contributed by atoms with E-state index in [1.807, 2.05) is 0 Å². The van der Waals surface area contributed by atoms with Crippen molar-refractivity contribution in [1.82, 2.24) is 53.2 Å². The molecule has 0 unspecified atom stereocenters. The minimum atomic E-state index is -1.74. The first-order chi connectivity index (χ1) is 52.3. The van der Waals surface area contributed by atoms with E-state index in [1.165, 1.54) is 6.92 Å². The number of rotatable bonds is 58. The first-order valence-corrected chi connectivity index (χ1v) is 35.4. The first-order valence-electron chi connectivity index (χ1n) is 35.4. The van der Waals surface area contributed by atoms with Gasteiger partial charge in [-0.1, -0.05) is 0 Å². The third kappa shape index (κ3) is 47.7. The molecule has 0 aromatic rings. The lowest BCUT2D eigenvalue weighted by molar-refractivity contribution is -0.143. The minimum Gasteiger partial charge on any atom is -0.480 e. The number of nitrogens with zero attached hydrogens (tertiary/aromatic N) is 9. The Hall–Kier alpha value is -12.5. The lowest BCUT2D eigenvalue weighted by atomic mass is 10.0. The highest BCUT2D eigenvalue weighted by molar-refractivity contribution is 5.99. The van der Waals surface area contributed by atoms with Crippen LogP contribution in [-0.4, -0.2) is 261 Å². The van der Waals surface area contributed by atoms with E-state index in [0.29, 0.717) is 0 Å². The summed E-state index contributed by atoms with van der Waals surface area (Å²) in [6, 6.07) is -16.7. The summed E-state index contributed by atoms with van der Waals surface area (Å²) in [4.78, 5) is 191. The van der Waals surface area contributed by atoms with E-state index in [4.69, 9.17) is 109 Å². The summed E-state index contributed by atoms with van der Waals surface area (Å²) < 4.78 is 0. The minimum absolute atomic E-state index is 0.000434. The van der Waals surface area contributed by atoms with Crippen molar-refractivity contribution in [1.29, 1.82) is 0 Å². The molecule has 0 aliphatic heterocycles. The standard InChI is InChI=1S/C60H120N38O13/c1-30(41(100)98-40(29-99)51(110)111)89-43(102)32(12-3-21-81-53(64)65)91-45(104)34(14-5-23-83-55(68)69)93-47(106)36(16-7-25-85-57(72)73)95-49(108)38(18-9-27-87-59(76)77)97-50(109)39(19-10-28-88-60(78)79)96-48(107)37(17-8-26-86-58(74)75)94-46(105)35(15-6-24-84-56(70)71)92-44(103)33(13-4-22-82-54(66)67)90-42(101)31(61)11-2-20-80-52(62)63/h30-40,99H,2-29,61H2,1H3,(H,89,102)(H,90,101)(H,91,104)(H,92,103)(H,93,106)(H,94,105)(H,95,108)(H,96,107)(H,97,109)(H,98,100)(H,110,111)(H4,62,63,80)(H4,64,65,81)(H4,66,67,82)(H4,68,69,83)(H4,70,71,84)(H4,72,73,85)(H4,74,75,86)(H4,76,77,87)(H4,78,79,88)/t30-,31-,32-,33-,34-,35-,36-,37-,38-,39-,40-/m0/s1. The van der Waals surface area contributed by atoms with Gasteiger partial charge in [-0.2, -0.15) is 0 Å². The molecule has 10 amide bonds. The number of aliphatic carboxylic acids is 1. The van der Waals surface area contributed by atoms with Gasteiger partial charge in [0.1, 0.15) is 60.4 Å². The number of aliphatic imine (C=N–C) groups is 9. The normalized spacial score (nSPS) is 13.6. The van der Waals surface area contributed by atoms with Gasteiger partial charge in [-0.05, 0) is 122 Å². The fraction of sp³-hybridized carbons (Fsp3) is 0.667. The molecule has 111 heavy (non-hydrogen) atoms. The number of hydrogen-bond acceptors (Lipinski definition) is 22. The molecule has 0 saturated carbocycles. The Morgan fingerprint density at radius 1 is 0.243 bits per heavy atom. The molecule has 51 nitrogen and oxygen atoms in total. The van der Waals surface area contributed by atoms with Gasteiger partial charge in [-0.15, -0.1) is 0 Å². The van der Waals surface area contributed by atoms with Crippen molar-refractivity contribution in [2.75, 3.05) is 65.5 Å². The van der Waals surface area contributed by atoms with Crippen molar-refractivity contribution in [3.8, 4) is 0 Å². The van der Waals surface area contributed by atoms with E-state index in [2.05, 4.69) is 98.1 Å². The number of amides is 10. The van der Waals surface area contributed by atoms with E-state index < -0.39 is 138 Å². The third-order valence-electron chi connectivity index (χ3n) is 15.5. The van der Waals surface area contributed by atoms with Crippen molar-refractivity contribution in [3.05, 3.63) is 0 Å². The van der Waals surface area contributed by atoms with E-state index in [9.17, 15) is 63.0 Å². The van der Waals surface area contributed by atoms with Crippen LogP contribution in [0.15, 0.2) is 44.9 Å². The van der Waals surface area contributed by atoms with Crippen molar-refractivity contribution in [3.63, 3.8) is 0 Å². The fourth-order valence-corrected chi connectivity index (χ4v) is 9.88. The van der Waals surface area contributed by atoms with E-state index in [1.54, 1.807) is 0 Å². The largest absolute Gasteiger partial charge is 0.480 e. The monoisotopic (exact) mass is 1580 g/mol. The Morgan fingerprint density at radius 3 is 0.559 bits per heavy atom. The molecule has 0 heterocycles. The molecule has 11 atom stereocenters. The van der Waals surface area contributed by atoms with Crippen molar-refractivity contribution in [2.24, 2.45) is 154 Å². The molecule has 0 fully saturated rings. The lowest BCUT2D eigenvalue weighted by Gasteiger charge is -2.28. The van der Waals surface area contributed by atoms with Gasteiger partial charge in [0.05, 0.1) is 12.6 Å². The number of nitrogens with two attached hydrogens (primary N) is 19. The van der Waals surface area contributed by atoms with Crippen molar-refractivity contribution < 1.29 is 63.0 Å². The first kappa shape index (κ1) is 98.5. The SMILES string of the molecule is C[C@H](NC(=O)[C@H](CCCN=C(N)N)NC(=O)[C@H](CCCN=C(N)N)NC(=O)[C@H](CCCN=C(N)N)NC(=O)[C@H](CCCN=C(N)N)NC(=O)[C@H](CCCN=C(N)N)NC(=O)[C@H](CCCN=C(N)N)NC(=O)[C@H](CCCN=C(N)N)NC(=O)[C@H](CCCN=C(N)N)NC(=O)[C@@H](N)CCCN=C(N)N)C(=O)N[C@@H](CO)C(=O)O. The Bertz CT molecular complexity index is 3240. The molecule has 0 radical (unpaired) electrons. The van der Waals surface area contributed by atoms with Crippen LogP contribution >= 0.6 is 0 Å². The van der Waals surface area contributed by atoms with E-state index >= 15 is 0 Å². The number of aliphatic hydroxyl groups excluding tert-OH is 1. The summed E-state index contributed by atoms with van der Waals surface area (Å²) in [6.07, 6.45) is -1.22. The van der Waals surface area contributed by atoms with Gasteiger partial charge in [0.25, 0.3) is 0 Å². The molecule has 0 aliphatic carbocycles. The van der Waals surface area contributed by atoms with Gasteiger partial charge in [0.15, 0.2) is 53.6 Å². The highest BCUT2D eigenvalue weighted by Gasteiger charge is 2.36. The van der Waals surface area contributed by atoms with Crippen LogP contribution in [0.25, 0.3) is 0 Å². The number of aliphatic hydroxyl groups is 1. The maximum absolute atomic E-state index is 14.9. The maximum Gasteiger partial charge on any atom is 0.328 e. The predicted octanol–water partition coefficient (Wildman–Crippen LogP) is -15.3. The van der Waals surface area contributed by atoms with Gasteiger partial charge in [-0.3, -0.25) is 92.9 Å². The number of carboxylic acids is 1. The molecule has 0 saturated heterocycles. The zero-order valence-corrected chi connectivity index (χ0v) is 62.5. The maximum atomic E-state index is 14.9. The number of guanidine groups is 9. The van der Waals surface area contributed by atoms with Crippen LogP contribution in [0.2, 0.25) is 0 Å². The van der Waals surface area contributed by atoms with Crippen LogP contribution in [0.1, 0.15) is 122 Å². The predicted molar refractivity (Wildman–Crippen MR) is 417 cm³/mol. The molecule has 0 aliphatic rings. The van der Waals surface area contributed by atoms with Crippen LogP contribution in [-0.2, 0) is 52.7 Å². The summed E-state index contributed by atoms with van der Waals surface area (Å²) in [6.45, 7) is -0.240. The molecule has 0 rings (SSSR count). The van der Waals surface area contributed by atoms with Crippen molar-refractivity contribution >= 4 is 119 Å². The van der Waals surface area contributed by atoms with Gasteiger partial charge < -0.3 is 172 Å². The molecule has 628 valence electrons. The number of nitrogens with one attached hydrogen (secondary N) is 10. The zero-order valence-electron chi connectivity index (χ0n) is 62.5. The smallest absolute Gasteiger partial charge is 0.328 e. The van der Waals surface area contributed by atoms with Gasteiger partial charge >= 0.3 is 5.97 Å². The molecule has 0 aromatic carbocycles. The van der Waals surface area contributed by atoms with E-state index in [-0.39, 0.29) is 228 Å². The zero-order chi connectivity index (χ0) is 84.1. The molecular formula is C60H120N38O13. The molecule has 0 bridgehead atoms. The molecule has 0 aromatic heterocycles. The Labute approximate surface area is 641 Å². The van der Waals surface area contributed by atoms with Gasteiger partial charge in [0, 0.05) is 58.9 Å². The summed E-state index contributed by atoms with van der Waals surface area (Å²) in [5.41, 5.74) is 106. The van der Waals surface area contributed by atoms with Gasteiger partial charge in [-0.25, -0.2) is 4.79 Å². The molecule has 50 N–H and O–H groups in total. The van der Waals surface area contributed by atoms with E-state index in [0.717, 1.165) is 0 Å². The second-order valence-electron chi connectivity index (χ2n) is 24.9. The Kier molecular flexibility index (Phi) is 49.6. The summed E-state index contributed by atoms with van der Waals surface area (Å²) in [5.74, 6) is -13.9. The highest BCUT2D eigenvalue weighted by Crippen LogP contribution is 2.13. The average Bonchev–Trinajstić information content (AvgIpc) is 0.873. The molecular weight excluding hydrogens is 1460 g/mol. The second kappa shape index (κ2) is 55.9. The van der Waals surface area contributed by atoms with Crippen LogP contribution in [0, 0.1) is 0 Å². The average molecular weight is 1580 g/mol. The Morgan fingerprint density at radius 2 is 0.396 bits per heavy atom. The summed E-state index contributed by atoms with van der Waals surface area (Å²) >= 11 is 0. The Balaban J connectivity index is 7.99. The number of carbonyl (C=O) groups is 11. The number of carbonyl (C=O) groups excluding carboxylic acids is 10. The van der Waals surface area contributed by atoms with Crippen molar-refractivity contribution in [2.45, 2.75) is 189 Å². The third-order valence-corrected chi connectivity index (χ3v) is 15.5. The van der Waals surface area contributed by atoms with Crippen LogP contribution in [0.5, 0.6) is 0 Å². The lowest BCUT2D eigenvalue weighted by Crippen LogP contribution is -2.60. The number of carboxylic acid groups (broad SMARTS) is 1. The highest BCUT2D eigenvalue weighted by atomic mass is 16.4. The number of hydrogen-bond donors (Lipinski definition) is 31. The topological polar surface area (TPSA) is 954 Å². The summed E-state index contributed by atoms with van der Waals surface area (Å²) in [5, 5.41) is 44.2. The molecule has 0 spiro atoms. The quantitative estimate of drug-likeness (QED) is 0.0153. The second-order valence-corrected chi connectivity index (χ2v) is 24.9. The molecule has 51 heteroatoms. The summed E-state index contributed by atoms with van der Waals surface area (Å²) in [7, 11) is 0.